The Hall–Kier alpha value is -2.25. The number of nitrogens with zero attached hydrogens (tertiary/aromatic N) is 3. The van der Waals surface area contributed by atoms with Gasteiger partial charge >= 0.3 is 0 Å². The maximum absolute atomic E-state index is 13.5. The average Bonchev–Trinajstić information content (AvgIpc) is 2.77. The highest BCUT2D eigenvalue weighted by molar-refractivity contribution is 7.89. The van der Waals surface area contributed by atoms with Gasteiger partial charge in [0.05, 0.1) is 4.90 Å². The molecule has 0 N–H and O–H groups in total. The number of pyridine rings is 1. The predicted molar refractivity (Wildman–Crippen MR) is 120 cm³/mol. The number of hydrogen-bond donors (Lipinski definition) is 0. The average molecular weight is 442 g/mol. The third-order valence-corrected chi connectivity index (χ3v) is 8.55. The summed E-state index contributed by atoms with van der Waals surface area (Å²) < 4.78 is 28.5. The molecule has 0 spiro atoms. The lowest BCUT2D eigenvalue weighted by atomic mass is 9.83. The van der Waals surface area contributed by atoms with E-state index < -0.39 is 10.0 Å². The van der Waals surface area contributed by atoms with Crippen LogP contribution in [-0.2, 0) is 27.8 Å². The number of benzene rings is 1. The fourth-order valence-corrected chi connectivity index (χ4v) is 6.36. The molecule has 1 aliphatic carbocycles. The molecule has 31 heavy (non-hydrogen) atoms. The monoisotopic (exact) mass is 441 g/mol. The number of aromatic nitrogens is 1. The van der Waals surface area contributed by atoms with E-state index in [1.807, 2.05) is 36.1 Å². The van der Waals surface area contributed by atoms with Gasteiger partial charge in [-0.05, 0) is 55.4 Å². The molecule has 2 aromatic rings. The van der Waals surface area contributed by atoms with Crippen molar-refractivity contribution in [3.63, 3.8) is 0 Å². The van der Waals surface area contributed by atoms with E-state index in [4.69, 9.17) is 0 Å². The van der Waals surface area contributed by atoms with Crippen LogP contribution < -0.4 is 0 Å². The smallest absolute Gasteiger partial charge is 0.243 e. The second-order valence-electron chi connectivity index (χ2n) is 8.58. The molecule has 2 aliphatic rings. The van der Waals surface area contributed by atoms with Gasteiger partial charge in [-0.1, -0.05) is 37.6 Å². The Labute approximate surface area is 185 Å². The summed E-state index contributed by atoms with van der Waals surface area (Å²) in [6.45, 7) is 3.29. The predicted octanol–water partition coefficient (Wildman–Crippen LogP) is 3.63. The highest BCUT2D eigenvalue weighted by Crippen LogP contribution is 2.32. The molecular formula is C24H31N3O3S. The van der Waals surface area contributed by atoms with Gasteiger partial charge in [0.25, 0.3) is 0 Å². The first-order valence-electron chi connectivity index (χ1n) is 11.3. The van der Waals surface area contributed by atoms with Crippen LogP contribution in [0.15, 0.2) is 53.7 Å². The van der Waals surface area contributed by atoms with Crippen molar-refractivity contribution < 1.29 is 13.2 Å². The summed E-state index contributed by atoms with van der Waals surface area (Å²) in [7, 11) is -3.60. The van der Waals surface area contributed by atoms with E-state index in [0.29, 0.717) is 31.0 Å². The van der Waals surface area contributed by atoms with Crippen LogP contribution in [0.4, 0.5) is 0 Å². The van der Waals surface area contributed by atoms with Crippen molar-refractivity contribution >= 4 is 15.9 Å². The fraction of sp³-hybridized carbons (Fsp3) is 0.500. The Morgan fingerprint density at radius 3 is 2.61 bits per heavy atom. The maximum Gasteiger partial charge on any atom is 0.243 e. The molecule has 1 aliphatic heterocycles. The third-order valence-electron chi connectivity index (χ3n) is 6.58. The molecule has 6 nitrogen and oxygen atoms in total. The zero-order valence-corrected chi connectivity index (χ0v) is 18.9. The molecule has 1 amide bonds. The minimum absolute atomic E-state index is 0.0736. The summed E-state index contributed by atoms with van der Waals surface area (Å²) >= 11 is 0. The second-order valence-corrected chi connectivity index (χ2v) is 10.5. The minimum Gasteiger partial charge on any atom is -0.334 e. The summed E-state index contributed by atoms with van der Waals surface area (Å²) in [5, 5.41) is 0. The minimum atomic E-state index is -3.60. The zero-order chi connectivity index (χ0) is 21.8. The van der Waals surface area contributed by atoms with E-state index in [1.54, 1.807) is 28.8 Å². The van der Waals surface area contributed by atoms with Crippen molar-refractivity contribution in [1.29, 1.82) is 0 Å². The van der Waals surface area contributed by atoms with Gasteiger partial charge in [-0.3, -0.25) is 9.78 Å². The summed E-state index contributed by atoms with van der Waals surface area (Å²) in [6, 6.07) is 11.0. The van der Waals surface area contributed by atoms with Crippen molar-refractivity contribution in [3.05, 3.63) is 59.9 Å². The standard InChI is InChI=1S/C24H31N3O3S/c1-2-20-9-3-4-13-23(20)31(29,30)26-15-7-12-22(18-26)27(24(28)21-10-5-11-21)17-19-8-6-14-25-16-19/h3-4,6,8-9,13-14,16,21-22H,2,5,7,10-12,15,17-18H2,1H3. The van der Waals surface area contributed by atoms with E-state index >= 15 is 0 Å². The summed E-state index contributed by atoms with van der Waals surface area (Å²) in [5.74, 6) is 0.234. The molecule has 2 heterocycles. The first-order valence-corrected chi connectivity index (χ1v) is 12.7. The highest BCUT2D eigenvalue weighted by Gasteiger charge is 2.38. The van der Waals surface area contributed by atoms with Crippen molar-refractivity contribution in [2.75, 3.05) is 13.1 Å². The van der Waals surface area contributed by atoms with Crippen molar-refractivity contribution in [2.45, 2.75) is 62.9 Å². The molecular weight excluding hydrogens is 410 g/mol. The second kappa shape index (κ2) is 9.49. The van der Waals surface area contributed by atoms with Crippen molar-refractivity contribution in [1.82, 2.24) is 14.2 Å². The molecule has 1 aromatic carbocycles. The van der Waals surface area contributed by atoms with Gasteiger partial charge in [0.15, 0.2) is 0 Å². The molecule has 0 bridgehead atoms. The van der Waals surface area contributed by atoms with E-state index in [2.05, 4.69) is 4.98 Å². The Morgan fingerprint density at radius 1 is 1.13 bits per heavy atom. The number of rotatable bonds is 7. The van der Waals surface area contributed by atoms with Crippen LogP contribution in [0.5, 0.6) is 0 Å². The van der Waals surface area contributed by atoms with Crippen LogP contribution in [0.25, 0.3) is 0 Å². The fourth-order valence-electron chi connectivity index (χ4n) is 4.55. The normalized spacial score (nSPS) is 20.2. The van der Waals surface area contributed by atoms with Crippen molar-refractivity contribution in [2.24, 2.45) is 5.92 Å². The van der Waals surface area contributed by atoms with Gasteiger partial charge in [0, 0.05) is 44.0 Å². The van der Waals surface area contributed by atoms with E-state index in [9.17, 15) is 13.2 Å². The van der Waals surface area contributed by atoms with Crippen molar-refractivity contribution in [3.8, 4) is 0 Å². The molecule has 1 aromatic heterocycles. The molecule has 1 unspecified atom stereocenters. The largest absolute Gasteiger partial charge is 0.334 e. The third kappa shape index (κ3) is 4.67. The zero-order valence-electron chi connectivity index (χ0n) is 18.1. The van der Waals surface area contributed by atoms with Gasteiger partial charge in [-0.25, -0.2) is 8.42 Å². The van der Waals surface area contributed by atoms with Gasteiger partial charge in [0.1, 0.15) is 0 Å². The van der Waals surface area contributed by atoms with E-state index in [1.165, 1.54) is 0 Å². The number of sulfonamides is 1. The Morgan fingerprint density at radius 2 is 1.94 bits per heavy atom. The van der Waals surface area contributed by atoms with Crippen LogP contribution in [-0.4, -0.2) is 47.6 Å². The molecule has 0 radical (unpaired) electrons. The summed E-state index contributed by atoms with van der Waals surface area (Å²) in [5.41, 5.74) is 1.81. The van der Waals surface area contributed by atoms with E-state index in [-0.39, 0.29) is 17.9 Å². The lowest BCUT2D eigenvalue weighted by Crippen LogP contribution is -2.53. The number of carbonyl (C=O) groups is 1. The molecule has 1 saturated carbocycles. The Bertz CT molecular complexity index is 1010. The van der Waals surface area contributed by atoms with Crippen LogP contribution in [0.2, 0.25) is 0 Å². The van der Waals surface area contributed by atoms with Gasteiger partial charge in [-0.2, -0.15) is 4.31 Å². The highest BCUT2D eigenvalue weighted by atomic mass is 32.2. The number of hydrogen-bond acceptors (Lipinski definition) is 4. The number of amides is 1. The summed E-state index contributed by atoms with van der Waals surface area (Å²) in [6.07, 6.45) is 8.70. The molecule has 4 rings (SSSR count). The topological polar surface area (TPSA) is 70.6 Å². The van der Waals surface area contributed by atoms with Crippen LogP contribution in [0.3, 0.4) is 0 Å². The quantitative estimate of drug-likeness (QED) is 0.658. The van der Waals surface area contributed by atoms with Crippen LogP contribution >= 0.6 is 0 Å². The Kier molecular flexibility index (Phi) is 6.72. The molecule has 2 fully saturated rings. The van der Waals surface area contributed by atoms with Gasteiger partial charge in [-0.15, -0.1) is 0 Å². The van der Waals surface area contributed by atoms with Gasteiger partial charge in [0.2, 0.25) is 15.9 Å². The number of piperidine rings is 1. The van der Waals surface area contributed by atoms with Crippen LogP contribution in [0.1, 0.15) is 50.2 Å². The SMILES string of the molecule is CCc1ccccc1S(=O)(=O)N1CCCC(N(Cc2cccnc2)C(=O)C2CCC2)C1. The lowest BCUT2D eigenvalue weighted by molar-refractivity contribution is -0.142. The Balaban J connectivity index is 1.58. The maximum atomic E-state index is 13.5. The molecule has 1 atom stereocenters. The summed E-state index contributed by atoms with van der Waals surface area (Å²) in [4.78, 5) is 19.8. The number of carbonyl (C=O) groups excluding carboxylic acids is 1. The van der Waals surface area contributed by atoms with Gasteiger partial charge < -0.3 is 4.90 Å². The first kappa shape index (κ1) is 22.0. The first-order chi connectivity index (χ1) is 15.0. The van der Waals surface area contributed by atoms with E-state index in [0.717, 1.165) is 43.2 Å². The van der Waals surface area contributed by atoms with Crippen LogP contribution in [0, 0.1) is 5.92 Å². The molecule has 1 saturated heterocycles. The number of aryl methyl sites for hydroxylation is 1. The lowest BCUT2D eigenvalue weighted by Gasteiger charge is -2.41. The molecule has 166 valence electrons. The molecule has 7 heteroatoms.